The van der Waals surface area contributed by atoms with Crippen LogP contribution in [0.4, 0.5) is 11.8 Å². The molecule has 4 rings (SSSR count). The minimum Gasteiger partial charge on any atom is -0.442 e. The van der Waals surface area contributed by atoms with E-state index in [1.54, 1.807) is 24.4 Å². The lowest BCUT2D eigenvalue weighted by Crippen LogP contribution is -2.40. The van der Waals surface area contributed by atoms with Crippen molar-refractivity contribution in [3.8, 4) is 11.5 Å². The van der Waals surface area contributed by atoms with Crippen LogP contribution in [0.5, 0.6) is 0 Å². The van der Waals surface area contributed by atoms with Crippen LogP contribution in [0.2, 0.25) is 10.0 Å². The number of amides is 1. The first-order valence-corrected chi connectivity index (χ1v) is 12.7. The Kier molecular flexibility index (Phi) is 8.98. The zero-order valence-corrected chi connectivity index (χ0v) is 22.1. The Hall–Kier alpha value is -3.62. The van der Waals surface area contributed by atoms with E-state index in [2.05, 4.69) is 44.7 Å². The van der Waals surface area contributed by atoms with Crippen LogP contribution in [0.15, 0.2) is 71.6 Å². The number of carbonyl (C=O) groups excluding carboxylic acids is 1. The second-order valence-corrected chi connectivity index (χ2v) is 9.85. The zero-order valence-electron chi connectivity index (χ0n) is 20.5. The highest BCUT2D eigenvalue weighted by atomic mass is 35.5. The van der Waals surface area contributed by atoms with Gasteiger partial charge in [0.15, 0.2) is 12.2 Å². The van der Waals surface area contributed by atoms with Gasteiger partial charge in [0.25, 0.3) is 0 Å². The van der Waals surface area contributed by atoms with Gasteiger partial charge in [-0.2, -0.15) is 4.98 Å². The van der Waals surface area contributed by atoms with Crippen molar-refractivity contribution in [1.29, 1.82) is 0 Å². The Morgan fingerprint density at radius 2 is 1.78 bits per heavy atom. The molecule has 3 N–H and O–H groups in total. The van der Waals surface area contributed by atoms with Crippen molar-refractivity contribution in [3.05, 3.63) is 88.4 Å². The molecule has 4 aromatic rings. The van der Waals surface area contributed by atoms with E-state index in [0.29, 0.717) is 52.8 Å². The van der Waals surface area contributed by atoms with Gasteiger partial charge in [0, 0.05) is 29.2 Å². The third kappa shape index (κ3) is 7.93. The van der Waals surface area contributed by atoms with E-state index >= 15 is 0 Å². The predicted molar refractivity (Wildman–Crippen MR) is 146 cm³/mol. The van der Waals surface area contributed by atoms with Crippen LogP contribution >= 0.6 is 23.2 Å². The summed E-state index contributed by atoms with van der Waals surface area (Å²) < 4.78 is 5.46. The number of aromatic nitrogens is 3. The Labute approximate surface area is 225 Å². The molecule has 0 fully saturated rings. The highest BCUT2D eigenvalue weighted by Crippen LogP contribution is 2.23. The highest BCUT2D eigenvalue weighted by molar-refractivity contribution is 6.30. The fraction of sp³-hybridized carbons (Fsp3) is 0.259. The molecule has 8 nitrogen and oxygen atoms in total. The quantitative estimate of drug-likeness (QED) is 0.209. The summed E-state index contributed by atoms with van der Waals surface area (Å²) in [6, 6.07) is 16.2. The minimum atomic E-state index is -0.509. The molecule has 2 aromatic carbocycles. The monoisotopic (exact) mass is 538 g/mol. The Morgan fingerprint density at radius 3 is 2.49 bits per heavy atom. The van der Waals surface area contributed by atoms with Gasteiger partial charge in [-0.15, -0.1) is 0 Å². The molecule has 0 aliphatic heterocycles. The third-order valence-electron chi connectivity index (χ3n) is 5.48. The van der Waals surface area contributed by atoms with Crippen molar-refractivity contribution in [2.24, 2.45) is 5.92 Å². The van der Waals surface area contributed by atoms with Gasteiger partial charge in [-0.05, 0) is 47.7 Å². The number of carbonyl (C=O) groups is 1. The second-order valence-electron chi connectivity index (χ2n) is 8.98. The minimum absolute atomic E-state index is 0.128. The van der Waals surface area contributed by atoms with Gasteiger partial charge in [0.1, 0.15) is 17.6 Å². The number of halogens is 2. The lowest BCUT2D eigenvalue weighted by Gasteiger charge is -2.21. The summed E-state index contributed by atoms with van der Waals surface area (Å²) in [7, 11) is 0. The van der Waals surface area contributed by atoms with Crippen molar-refractivity contribution < 1.29 is 9.21 Å². The van der Waals surface area contributed by atoms with E-state index in [1.807, 2.05) is 36.4 Å². The molecule has 0 radical (unpaired) electrons. The average Bonchev–Trinajstić information content (AvgIpc) is 3.42. The van der Waals surface area contributed by atoms with Crippen molar-refractivity contribution in [2.45, 2.75) is 39.4 Å². The summed E-state index contributed by atoms with van der Waals surface area (Å²) in [5, 5.41) is 10.8. The van der Waals surface area contributed by atoms with Crippen LogP contribution in [0, 0.1) is 5.92 Å². The van der Waals surface area contributed by atoms with E-state index in [-0.39, 0.29) is 11.8 Å². The fourth-order valence-electron chi connectivity index (χ4n) is 3.69. The summed E-state index contributed by atoms with van der Waals surface area (Å²) in [4.78, 5) is 26.3. The van der Waals surface area contributed by atoms with Gasteiger partial charge in [0.2, 0.25) is 11.9 Å². The van der Waals surface area contributed by atoms with E-state index in [1.165, 1.54) is 6.39 Å². The van der Waals surface area contributed by atoms with Crippen LogP contribution in [-0.2, 0) is 17.9 Å². The first-order chi connectivity index (χ1) is 17.9. The molecule has 0 saturated carbocycles. The van der Waals surface area contributed by atoms with Crippen molar-refractivity contribution >= 4 is 40.9 Å². The van der Waals surface area contributed by atoms with Crippen LogP contribution in [-0.4, -0.2) is 26.9 Å². The standard InChI is InChI=1S/C27H28Cl2N6O2/c1-17(2)10-23(26(36)31-13-18-6-8-20(28)9-7-18)33-25-12-22(24-15-30-16-37-24)34-27(35-25)32-14-19-4-3-5-21(29)11-19/h3-9,11-12,15-17,23H,10,13-14H2,1-2H3,(H,31,36)(H2,32,33,34,35). The Balaban J connectivity index is 1.53. The van der Waals surface area contributed by atoms with Gasteiger partial charge in [-0.1, -0.05) is 61.3 Å². The molecule has 10 heteroatoms. The fourth-order valence-corrected chi connectivity index (χ4v) is 4.03. The Bertz CT molecular complexity index is 1310. The average molecular weight is 539 g/mol. The summed E-state index contributed by atoms with van der Waals surface area (Å²) >= 11 is 12.1. The molecule has 0 spiro atoms. The van der Waals surface area contributed by atoms with Crippen LogP contribution in [0.25, 0.3) is 11.5 Å². The molecule has 1 amide bonds. The van der Waals surface area contributed by atoms with Crippen LogP contribution in [0.3, 0.4) is 0 Å². The largest absolute Gasteiger partial charge is 0.442 e. The molecule has 1 atom stereocenters. The van der Waals surface area contributed by atoms with Gasteiger partial charge in [-0.3, -0.25) is 4.79 Å². The molecule has 192 valence electrons. The molecule has 0 aliphatic rings. The van der Waals surface area contributed by atoms with Gasteiger partial charge < -0.3 is 20.4 Å². The van der Waals surface area contributed by atoms with E-state index in [4.69, 9.17) is 27.6 Å². The first-order valence-electron chi connectivity index (χ1n) is 11.9. The normalized spacial score (nSPS) is 11.8. The predicted octanol–water partition coefficient (Wildman–Crippen LogP) is 6.19. The molecule has 0 bridgehead atoms. The van der Waals surface area contributed by atoms with Crippen molar-refractivity contribution in [2.75, 3.05) is 10.6 Å². The molecule has 0 aliphatic carbocycles. The smallest absolute Gasteiger partial charge is 0.242 e. The maximum Gasteiger partial charge on any atom is 0.242 e. The van der Waals surface area contributed by atoms with Gasteiger partial charge in [0.05, 0.1) is 6.20 Å². The number of oxazole rings is 1. The maximum absolute atomic E-state index is 13.2. The maximum atomic E-state index is 13.2. The van der Waals surface area contributed by atoms with Gasteiger partial charge >= 0.3 is 0 Å². The lowest BCUT2D eigenvalue weighted by atomic mass is 10.0. The lowest BCUT2D eigenvalue weighted by molar-refractivity contribution is -0.122. The number of benzene rings is 2. The summed E-state index contributed by atoms with van der Waals surface area (Å²) in [5.74, 6) is 1.50. The van der Waals surface area contributed by atoms with E-state index < -0.39 is 6.04 Å². The number of anilines is 2. The number of nitrogens with one attached hydrogen (secondary N) is 3. The topological polar surface area (TPSA) is 105 Å². The summed E-state index contributed by atoms with van der Waals surface area (Å²) in [6.07, 6.45) is 3.53. The number of hydrogen-bond donors (Lipinski definition) is 3. The Morgan fingerprint density at radius 1 is 0.973 bits per heavy atom. The highest BCUT2D eigenvalue weighted by Gasteiger charge is 2.21. The van der Waals surface area contributed by atoms with Crippen molar-refractivity contribution in [3.63, 3.8) is 0 Å². The SMILES string of the molecule is CC(C)CC(Nc1cc(-c2cnco2)nc(NCc2cccc(Cl)c2)n1)C(=O)NCc1ccc(Cl)cc1. The molecular formula is C27H28Cl2N6O2. The number of nitrogens with zero attached hydrogens (tertiary/aromatic N) is 3. The zero-order chi connectivity index (χ0) is 26.2. The molecule has 2 aromatic heterocycles. The van der Waals surface area contributed by atoms with Crippen LogP contribution in [0.1, 0.15) is 31.4 Å². The summed E-state index contributed by atoms with van der Waals surface area (Å²) in [6.45, 7) is 5.00. The second kappa shape index (κ2) is 12.6. The molecule has 2 heterocycles. The molecule has 0 saturated heterocycles. The molecular weight excluding hydrogens is 511 g/mol. The molecule has 1 unspecified atom stereocenters. The first kappa shape index (κ1) is 26.4. The van der Waals surface area contributed by atoms with Crippen LogP contribution < -0.4 is 16.0 Å². The molecule has 37 heavy (non-hydrogen) atoms. The van der Waals surface area contributed by atoms with Gasteiger partial charge in [-0.25, -0.2) is 9.97 Å². The van der Waals surface area contributed by atoms with Crippen molar-refractivity contribution in [1.82, 2.24) is 20.3 Å². The third-order valence-corrected chi connectivity index (χ3v) is 5.96. The van der Waals surface area contributed by atoms with E-state index in [9.17, 15) is 4.79 Å². The van der Waals surface area contributed by atoms with E-state index in [0.717, 1.165) is 11.1 Å². The summed E-state index contributed by atoms with van der Waals surface area (Å²) in [5.41, 5.74) is 2.48. The number of hydrogen-bond acceptors (Lipinski definition) is 7. The number of rotatable bonds is 11.